The van der Waals surface area contributed by atoms with Crippen molar-refractivity contribution in [2.45, 2.75) is 70.9 Å². The average molecular weight is 371 g/mol. The zero-order chi connectivity index (χ0) is 19.6. The Kier molecular flexibility index (Phi) is 5.53. The Morgan fingerprint density at radius 1 is 1.19 bits per heavy atom. The number of hydrogen-bond donors (Lipinski definition) is 1. The van der Waals surface area contributed by atoms with Gasteiger partial charge in [0, 0.05) is 11.7 Å². The summed E-state index contributed by atoms with van der Waals surface area (Å²) in [7, 11) is 0. The van der Waals surface area contributed by atoms with Crippen molar-refractivity contribution in [3.63, 3.8) is 0 Å². The van der Waals surface area contributed by atoms with Gasteiger partial charge in [0.05, 0.1) is 0 Å². The number of carbonyl (C=O) groups excluding carboxylic acids is 3. The molecule has 0 spiro atoms. The van der Waals surface area contributed by atoms with Crippen LogP contribution < -0.4 is 10.2 Å². The molecular weight excluding hydrogens is 342 g/mol. The van der Waals surface area contributed by atoms with Crippen molar-refractivity contribution in [1.29, 1.82) is 0 Å². The van der Waals surface area contributed by atoms with Crippen LogP contribution in [0, 0.1) is 0 Å². The maximum absolute atomic E-state index is 13.1. The third-order valence-corrected chi connectivity index (χ3v) is 5.68. The Morgan fingerprint density at radius 3 is 2.52 bits per heavy atom. The monoisotopic (exact) mass is 371 g/mol. The molecule has 6 nitrogen and oxygen atoms in total. The van der Waals surface area contributed by atoms with E-state index in [1.54, 1.807) is 4.90 Å². The molecule has 0 aliphatic carbocycles. The second-order valence-electron chi connectivity index (χ2n) is 7.68. The minimum atomic E-state index is -0.855. The molecule has 6 heteroatoms. The number of rotatable bonds is 6. The topological polar surface area (TPSA) is 69.7 Å². The first-order valence-corrected chi connectivity index (χ1v) is 9.97. The van der Waals surface area contributed by atoms with Gasteiger partial charge >= 0.3 is 6.03 Å². The summed E-state index contributed by atoms with van der Waals surface area (Å²) in [6.45, 7) is 5.80. The maximum Gasteiger partial charge on any atom is 0.325 e. The number of anilines is 1. The molecule has 27 heavy (non-hydrogen) atoms. The van der Waals surface area contributed by atoms with Crippen molar-refractivity contribution < 1.29 is 14.4 Å². The molecular formula is C21H29N3O3. The molecule has 4 amide bonds. The number of benzene rings is 1. The van der Waals surface area contributed by atoms with E-state index in [0.29, 0.717) is 12.8 Å². The van der Waals surface area contributed by atoms with Crippen LogP contribution in [0.4, 0.5) is 10.5 Å². The smallest absolute Gasteiger partial charge is 0.323 e. The maximum atomic E-state index is 13.1. The molecule has 2 aliphatic heterocycles. The summed E-state index contributed by atoms with van der Waals surface area (Å²) in [4.78, 5) is 41.5. The van der Waals surface area contributed by atoms with E-state index in [4.69, 9.17) is 0 Å². The van der Waals surface area contributed by atoms with Gasteiger partial charge in [-0.25, -0.2) is 4.79 Å². The summed E-state index contributed by atoms with van der Waals surface area (Å²) in [6.07, 6.45) is 4.59. The molecule has 3 rings (SSSR count). The molecule has 0 aromatic heterocycles. The Morgan fingerprint density at radius 2 is 1.85 bits per heavy atom. The van der Waals surface area contributed by atoms with E-state index in [1.165, 1.54) is 0 Å². The van der Waals surface area contributed by atoms with Gasteiger partial charge < -0.3 is 10.2 Å². The lowest BCUT2D eigenvalue weighted by Crippen LogP contribution is -2.50. The highest BCUT2D eigenvalue weighted by Gasteiger charge is 2.50. The number of fused-ring (bicyclic) bond motifs is 1. The Balaban J connectivity index is 1.82. The van der Waals surface area contributed by atoms with Gasteiger partial charge in [-0.05, 0) is 44.2 Å². The van der Waals surface area contributed by atoms with Crippen molar-refractivity contribution in [3.05, 3.63) is 29.8 Å². The van der Waals surface area contributed by atoms with E-state index < -0.39 is 11.6 Å². The molecule has 146 valence electrons. The first kappa shape index (κ1) is 19.4. The normalized spacial score (nSPS) is 21.2. The number of carbonyl (C=O) groups is 3. The van der Waals surface area contributed by atoms with Gasteiger partial charge in [0.25, 0.3) is 5.91 Å². The lowest BCUT2D eigenvalue weighted by Gasteiger charge is -2.36. The average Bonchev–Trinajstić information content (AvgIpc) is 2.86. The molecule has 1 atom stereocenters. The van der Waals surface area contributed by atoms with E-state index in [-0.39, 0.29) is 24.4 Å². The van der Waals surface area contributed by atoms with Gasteiger partial charge in [-0.15, -0.1) is 0 Å². The third kappa shape index (κ3) is 3.45. The first-order chi connectivity index (χ1) is 12.9. The van der Waals surface area contributed by atoms with Crippen LogP contribution in [0.2, 0.25) is 0 Å². The number of amides is 4. The van der Waals surface area contributed by atoms with Crippen molar-refractivity contribution in [2.75, 3.05) is 11.4 Å². The highest BCUT2D eigenvalue weighted by atomic mass is 16.2. The number of nitrogens with zero attached hydrogens (tertiary/aromatic N) is 2. The van der Waals surface area contributed by atoms with E-state index >= 15 is 0 Å². The largest absolute Gasteiger partial charge is 0.325 e. The van der Waals surface area contributed by atoms with Gasteiger partial charge in [-0.3, -0.25) is 14.5 Å². The molecule has 1 N–H and O–H groups in total. The van der Waals surface area contributed by atoms with Crippen molar-refractivity contribution in [1.82, 2.24) is 10.2 Å². The number of aryl methyl sites for hydroxylation is 1. The van der Waals surface area contributed by atoms with E-state index in [1.807, 2.05) is 45.0 Å². The van der Waals surface area contributed by atoms with Crippen LogP contribution in [0.5, 0.6) is 0 Å². The molecule has 1 aromatic rings. The van der Waals surface area contributed by atoms with E-state index in [9.17, 15) is 14.4 Å². The Labute approximate surface area is 160 Å². The summed E-state index contributed by atoms with van der Waals surface area (Å²) in [5.41, 5.74) is 1.17. The summed E-state index contributed by atoms with van der Waals surface area (Å²) < 4.78 is 0. The highest BCUT2D eigenvalue weighted by Crippen LogP contribution is 2.32. The van der Waals surface area contributed by atoms with Crippen molar-refractivity contribution in [3.8, 4) is 0 Å². The molecule has 0 saturated carbocycles. The standard InChI is InChI=1S/C21H29N3O3/c1-4-12-21(13-5-2)19(26)23(20(27)22-21)14-18(25)24-15(3)10-11-16-8-6-7-9-17(16)24/h6-9,15H,4-5,10-14H2,1-3H3,(H,22,27). The Bertz CT molecular complexity index is 740. The van der Waals surface area contributed by atoms with Crippen molar-refractivity contribution >= 4 is 23.5 Å². The number of para-hydroxylation sites is 1. The van der Waals surface area contributed by atoms with Crippen LogP contribution in [0.15, 0.2) is 24.3 Å². The minimum Gasteiger partial charge on any atom is -0.323 e. The summed E-state index contributed by atoms with van der Waals surface area (Å²) in [6, 6.07) is 7.45. The predicted octanol–water partition coefficient (Wildman–Crippen LogP) is 3.25. The Hall–Kier alpha value is -2.37. The van der Waals surface area contributed by atoms with Crippen LogP contribution in [-0.4, -0.2) is 40.9 Å². The second kappa shape index (κ2) is 7.71. The van der Waals surface area contributed by atoms with Gasteiger partial charge in [0.2, 0.25) is 5.91 Å². The molecule has 1 saturated heterocycles. The molecule has 1 unspecified atom stereocenters. The van der Waals surface area contributed by atoms with Crippen LogP contribution >= 0.6 is 0 Å². The van der Waals surface area contributed by atoms with Crippen LogP contribution in [0.25, 0.3) is 0 Å². The molecule has 2 aliphatic rings. The van der Waals surface area contributed by atoms with E-state index in [2.05, 4.69) is 5.32 Å². The van der Waals surface area contributed by atoms with Crippen LogP contribution in [0.3, 0.4) is 0 Å². The summed E-state index contributed by atoms with van der Waals surface area (Å²) in [5.74, 6) is -0.468. The van der Waals surface area contributed by atoms with Gasteiger partial charge in [-0.2, -0.15) is 0 Å². The summed E-state index contributed by atoms with van der Waals surface area (Å²) in [5, 5.41) is 2.87. The van der Waals surface area contributed by atoms with Crippen molar-refractivity contribution in [2.24, 2.45) is 0 Å². The minimum absolute atomic E-state index is 0.0456. The molecule has 1 aromatic carbocycles. The fourth-order valence-corrected chi connectivity index (χ4v) is 4.42. The number of hydrogen-bond acceptors (Lipinski definition) is 3. The van der Waals surface area contributed by atoms with Crippen LogP contribution in [-0.2, 0) is 16.0 Å². The zero-order valence-corrected chi connectivity index (χ0v) is 16.5. The van der Waals surface area contributed by atoms with Gasteiger partial charge in [0.15, 0.2) is 0 Å². The van der Waals surface area contributed by atoms with Gasteiger partial charge in [0.1, 0.15) is 12.1 Å². The molecule has 0 bridgehead atoms. The first-order valence-electron chi connectivity index (χ1n) is 9.97. The predicted molar refractivity (Wildman–Crippen MR) is 105 cm³/mol. The number of urea groups is 1. The quantitative estimate of drug-likeness (QED) is 0.781. The SMILES string of the molecule is CCCC1(CCC)NC(=O)N(CC(=O)N2c3ccccc3CCC2C)C1=O. The number of nitrogens with one attached hydrogen (secondary N) is 1. The lowest BCUT2D eigenvalue weighted by molar-refractivity contribution is -0.135. The highest BCUT2D eigenvalue weighted by molar-refractivity contribution is 6.10. The fourth-order valence-electron chi connectivity index (χ4n) is 4.42. The zero-order valence-electron chi connectivity index (χ0n) is 16.5. The molecule has 2 heterocycles. The molecule has 0 radical (unpaired) electrons. The third-order valence-electron chi connectivity index (χ3n) is 5.68. The lowest BCUT2D eigenvalue weighted by atomic mass is 9.88. The second-order valence-corrected chi connectivity index (χ2v) is 7.68. The number of imide groups is 1. The van der Waals surface area contributed by atoms with E-state index in [0.717, 1.165) is 41.8 Å². The summed E-state index contributed by atoms with van der Waals surface area (Å²) >= 11 is 0. The van der Waals surface area contributed by atoms with Gasteiger partial charge in [-0.1, -0.05) is 44.9 Å². The van der Waals surface area contributed by atoms with Crippen LogP contribution in [0.1, 0.15) is 58.4 Å². The molecule has 1 fully saturated rings. The fraction of sp³-hybridized carbons (Fsp3) is 0.571.